The van der Waals surface area contributed by atoms with E-state index in [0.717, 1.165) is 38.9 Å². The molecular weight excluding hydrogens is 248 g/mol. The van der Waals surface area contributed by atoms with Crippen molar-refractivity contribution >= 4 is 0 Å². The molecule has 0 aromatic heterocycles. The molecular formula is C17H28N2O. The van der Waals surface area contributed by atoms with Crippen LogP contribution in [0.15, 0.2) is 24.3 Å². The topological polar surface area (TPSA) is 35.5 Å². The molecule has 1 saturated heterocycles. The Morgan fingerprint density at radius 3 is 2.65 bits per heavy atom. The summed E-state index contributed by atoms with van der Waals surface area (Å²) in [6.45, 7) is 7.02. The van der Waals surface area contributed by atoms with E-state index in [9.17, 15) is 5.11 Å². The molecule has 1 aromatic rings. The maximum atomic E-state index is 10.2. The highest BCUT2D eigenvalue weighted by Gasteiger charge is 2.28. The van der Waals surface area contributed by atoms with Crippen molar-refractivity contribution in [2.75, 3.05) is 26.7 Å². The summed E-state index contributed by atoms with van der Waals surface area (Å²) in [6, 6.07) is 9.16. The van der Waals surface area contributed by atoms with E-state index in [1.54, 1.807) is 0 Å². The number of β-amino-alcohol motifs (C(OH)–C–C–N with tert-alkyl or cyclic N) is 1. The van der Waals surface area contributed by atoms with Crippen molar-refractivity contribution in [2.45, 2.75) is 44.8 Å². The first-order valence-corrected chi connectivity index (χ1v) is 7.69. The molecule has 1 aromatic carbocycles. The second kappa shape index (κ2) is 6.70. The molecule has 0 bridgehead atoms. The molecule has 3 heteroatoms. The normalized spacial score (nSPS) is 25.6. The molecule has 3 nitrogen and oxygen atoms in total. The summed E-state index contributed by atoms with van der Waals surface area (Å²) >= 11 is 0. The van der Waals surface area contributed by atoms with Crippen LogP contribution in [0.2, 0.25) is 0 Å². The monoisotopic (exact) mass is 276 g/mol. The van der Waals surface area contributed by atoms with Crippen molar-refractivity contribution in [2.24, 2.45) is 0 Å². The van der Waals surface area contributed by atoms with Crippen LogP contribution in [0.4, 0.5) is 0 Å². The maximum absolute atomic E-state index is 10.2. The number of piperidine rings is 1. The van der Waals surface area contributed by atoms with E-state index in [-0.39, 0.29) is 0 Å². The van der Waals surface area contributed by atoms with Crippen molar-refractivity contribution in [1.82, 2.24) is 10.2 Å². The Hall–Kier alpha value is -0.900. The number of hydrogen-bond acceptors (Lipinski definition) is 3. The Labute approximate surface area is 123 Å². The number of likely N-dealkylation sites (tertiary alicyclic amines) is 1. The van der Waals surface area contributed by atoms with E-state index in [1.165, 1.54) is 11.1 Å². The van der Waals surface area contributed by atoms with Gasteiger partial charge in [-0.3, -0.25) is 0 Å². The third-order valence-corrected chi connectivity index (χ3v) is 4.32. The highest BCUT2D eigenvalue weighted by atomic mass is 16.3. The predicted molar refractivity (Wildman–Crippen MR) is 83.9 cm³/mol. The standard InChI is InChI=1S/C17H28N2O/c1-14-5-7-15(8-6-14)16(18-3)9-12-19-11-4-10-17(2,20)13-19/h5-8,16,18,20H,4,9-13H2,1-3H3. The zero-order chi connectivity index (χ0) is 14.6. The lowest BCUT2D eigenvalue weighted by Crippen LogP contribution is -2.46. The van der Waals surface area contributed by atoms with E-state index in [4.69, 9.17) is 0 Å². The van der Waals surface area contributed by atoms with Crippen LogP contribution < -0.4 is 5.32 Å². The second-order valence-corrected chi connectivity index (χ2v) is 6.42. The summed E-state index contributed by atoms with van der Waals surface area (Å²) in [7, 11) is 2.02. The number of aliphatic hydroxyl groups is 1. The van der Waals surface area contributed by atoms with Gasteiger partial charge in [0.2, 0.25) is 0 Å². The average molecular weight is 276 g/mol. The molecule has 20 heavy (non-hydrogen) atoms. The highest BCUT2D eigenvalue weighted by Crippen LogP contribution is 2.22. The number of rotatable bonds is 5. The smallest absolute Gasteiger partial charge is 0.0746 e. The van der Waals surface area contributed by atoms with Crippen molar-refractivity contribution in [3.63, 3.8) is 0 Å². The molecule has 2 atom stereocenters. The first kappa shape index (κ1) is 15.5. The van der Waals surface area contributed by atoms with Crippen LogP contribution in [-0.4, -0.2) is 42.3 Å². The number of nitrogens with zero attached hydrogens (tertiary/aromatic N) is 1. The van der Waals surface area contributed by atoms with Gasteiger partial charge in [-0.25, -0.2) is 0 Å². The molecule has 1 aliphatic heterocycles. The fraction of sp³-hybridized carbons (Fsp3) is 0.647. The van der Waals surface area contributed by atoms with E-state index in [0.29, 0.717) is 6.04 Å². The number of aryl methyl sites for hydroxylation is 1. The Balaban J connectivity index is 1.89. The van der Waals surface area contributed by atoms with Gasteiger partial charge in [0, 0.05) is 19.1 Å². The fourth-order valence-corrected chi connectivity index (χ4v) is 3.10. The quantitative estimate of drug-likeness (QED) is 0.867. The lowest BCUT2D eigenvalue weighted by molar-refractivity contribution is -0.0163. The first-order chi connectivity index (χ1) is 9.50. The average Bonchev–Trinajstić information content (AvgIpc) is 2.40. The third kappa shape index (κ3) is 4.30. The molecule has 1 heterocycles. The van der Waals surface area contributed by atoms with Crippen molar-refractivity contribution in [3.05, 3.63) is 35.4 Å². The second-order valence-electron chi connectivity index (χ2n) is 6.42. The van der Waals surface area contributed by atoms with Crippen molar-refractivity contribution in [1.29, 1.82) is 0 Å². The van der Waals surface area contributed by atoms with E-state index in [1.807, 2.05) is 14.0 Å². The molecule has 0 radical (unpaired) electrons. The van der Waals surface area contributed by atoms with Gasteiger partial charge in [-0.15, -0.1) is 0 Å². The molecule has 112 valence electrons. The summed E-state index contributed by atoms with van der Waals surface area (Å²) in [4.78, 5) is 2.39. The summed E-state index contributed by atoms with van der Waals surface area (Å²) in [6.07, 6.45) is 3.11. The Morgan fingerprint density at radius 2 is 2.05 bits per heavy atom. The lowest BCUT2D eigenvalue weighted by atomic mass is 9.94. The molecule has 1 aliphatic rings. The van der Waals surface area contributed by atoms with Gasteiger partial charge in [0.05, 0.1) is 5.60 Å². The van der Waals surface area contributed by atoms with E-state index < -0.39 is 5.60 Å². The SMILES string of the molecule is CNC(CCN1CCCC(C)(O)C1)c1ccc(C)cc1. The van der Waals surface area contributed by atoms with Crippen LogP contribution in [0.25, 0.3) is 0 Å². The maximum Gasteiger partial charge on any atom is 0.0746 e. The lowest BCUT2D eigenvalue weighted by Gasteiger charge is -2.37. The zero-order valence-corrected chi connectivity index (χ0v) is 13.0. The van der Waals surface area contributed by atoms with Crippen LogP contribution in [0.3, 0.4) is 0 Å². The van der Waals surface area contributed by atoms with Crippen LogP contribution in [-0.2, 0) is 0 Å². The number of hydrogen-bond donors (Lipinski definition) is 2. The summed E-state index contributed by atoms with van der Waals surface area (Å²) in [5, 5.41) is 13.6. The Kier molecular flexibility index (Phi) is 5.19. The van der Waals surface area contributed by atoms with Crippen LogP contribution in [0.1, 0.15) is 43.4 Å². The van der Waals surface area contributed by atoms with Gasteiger partial charge in [0.25, 0.3) is 0 Å². The minimum Gasteiger partial charge on any atom is -0.389 e. The van der Waals surface area contributed by atoms with Gasteiger partial charge >= 0.3 is 0 Å². The summed E-state index contributed by atoms with van der Waals surface area (Å²) < 4.78 is 0. The minimum atomic E-state index is -0.503. The van der Waals surface area contributed by atoms with Crippen molar-refractivity contribution < 1.29 is 5.11 Å². The molecule has 0 spiro atoms. The number of benzene rings is 1. The third-order valence-electron chi connectivity index (χ3n) is 4.32. The minimum absolute atomic E-state index is 0.391. The Morgan fingerprint density at radius 1 is 1.35 bits per heavy atom. The van der Waals surface area contributed by atoms with Gasteiger partial charge < -0.3 is 15.3 Å². The van der Waals surface area contributed by atoms with Crippen LogP contribution in [0, 0.1) is 6.92 Å². The summed E-state index contributed by atoms with van der Waals surface area (Å²) in [5.41, 5.74) is 2.15. The molecule has 1 fully saturated rings. The fourth-order valence-electron chi connectivity index (χ4n) is 3.10. The molecule has 2 rings (SSSR count). The highest BCUT2D eigenvalue weighted by molar-refractivity contribution is 5.24. The van der Waals surface area contributed by atoms with Gasteiger partial charge in [-0.1, -0.05) is 29.8 Å². The van der Waals surface area contributed by atoms with E-state index in [2.05, 4.69) is 41.4 Å². The summed E-state index contributed by atoms with van der Waals surface area (Å²) in [5.74, 6) is 0. The molecule has 0 aliphatic carbocycles. The Bertz CT molecular complexity index is 414. The van der Waals surface area contributed by atoms with Gasteiger partial charge in [0.15, 0.2) is 0 Å². The predicted octanol–water partition coefficient (Wildman–Crippen LogP) is 2.49. The molecule has 0 saturated carbocycles. The van der Waals surface area contributed by atoms with Gasteiger partial charge in [-0.2, -0.15) is 0 Å². The van der Waals surface area contributed by atoms with Crippen LogP contribution in [0.5, 0.6) is 0 Å². The molecule has 2 unspecified atom stereocenters. The zero-order valence-electron chi connectivity index (χ0n) is 13.0. The van der Waals surface area contributed by atoms with Gasteiger partial charge in [0.1, 0.15) is 0 Å². The van der Waals surface area contributed by atoms with Crippen molar-refractivity contribution in [3.8, 4) is 0 Å². The molecule has 0 amide bonds. The van der Waals surface area contributed by atoms with E-state index >= 15 is 0 Å². The number of nitrogens with one attached hydrogen (secondary N) is 1. The van der Waals surface area contributed by atoms with Gasteiger partial charge in [-0.05, 0) is 52.3 Å². The van der Waals surface area contributed by atoms with Crippen LogP contribution >= 0.6 is 0 Å². The largest absolute Gasteiger partial charge is 0.389 e. The first-order valence-electron chi connectivity index (χ1n) is 7.69. The molecule has 2 N–H and O–H groups in total.